The third-order valence-electron chi connectivity index (χ3n) is 6.42. The number of amides is 1. The van der Waals surface area contributed by atoms with Crippen LogP contribution in [0, 0.1) is 23.7 Å². The van der Waals surface area contributed by atoms with Crippen LogP contribution in [-0.2, 0) is 0 Å². The number of hydrogen-bond acceptors (Lipinski definition) is 4. The summed E-state index contributed by atoms with van der Waals surface area (Å²) in [6, 6.07) is 7.61. The molecule has 4 aliphatic carbocycles. The van der Waals surface area contributed by atoms with E-state index in [0.29, 0.717) is 35.1 Å². The number of nitrogens with two attached hydrogens (primary N) is 1. The largest absolute Gasteiger partial charge is 0.444 e. The van der Waals surface area contributed by atoms with Crippen LogP contribution in [0.4, 0.5) is 5.69 Å². The molecule has 6 rings (SSSR count). The van der Waals surface area contributed by atoms with Crippen molar-refractivity contribution in [3.63, 3.8) is 0 Å². The van der Waals surface area contributed by atoms with Crippen molar-refractivity contribution < 1.29 is 9.21 Å². The number of oxazole rings is 1. The van der Waals surface area contributed by atoms with E-state index in [1.165, 1.54) is 38.4 Å². The molecule has 1 amide bonds. The molecule has 4 saturated carbocycles. The Labute approximate surface area is 147 Å². The van der Waals surface area contributed by atoms with Gasteiger partial charge in [0.1, 0.15) is 6.26 Å². The molecule has 4 fully saturated rings. The molecule has 5 nitrogen and oxygen atoms in total. The summed E-state index contributed by atoms with van der Waals surface area (Å²) in [5.41, 5.74) is 7.58. The van der Waals surface area contributed by atoms with Crippen molar-refractivity contribution in [3.8, 4) is 11.5 Å². The Bertz CT molecular complexity index is 768. The zero-order valence-corrected chi connectivity index (χ0v) is 14.2. The lowest BCUT2D eigenvalue weighted by molar-refractivity contribution is -0.0120. The van der Waals surface area contributed by atoms with Crippen LogP contribution in [0.1, 0.15) is 42.6 Å². The smallest absolute Gasteiger partial charge is 0.273 e. The van der Waals surface area contributed by atoms with E-state index in [4.69, 9.17) is 10.2 Å². The number of nitrogens with zero attached hydrogens (tertiary/aromatic N) is 1. The minimum absolute atomic E-state index is 0.108. The first-order chi connectivity index (χ1) is 12.2. The fraction of sp³-hybridized carbons (Fsp3) is 0.500. The van der Waals surface area contributed by atoms with Crippen LogP contribution in [0.2, 0.25) is 0 Å². The molecule has 1 heterocycles. The number of nitrogens with one attached hydrogen (secondary N) is 1. The molecule has 0 spiro atoms. The van der Waals surface area contributed by atoms with Crippen LogP contribution in [0.3, 0.4) is 0 Å². The Morgan fingerprint density at radius 3 is 2.32 bits per heavy atom. The van der Waals surface area contributed by atoms with Crippen LogP contribution >= 0.6 is 0 Å². The zero-order valence-electron chi connectivity index (χ0n) is 14.2. The summed E-state index contributed by atoms with van der Waals surface area (Å²) in [4.78, 5) is 17.1. The molecule has 3 N–H and O–H groups in total. The van der Waals surface area contributed by atoms with Crippen LogP contribution in [0.15, 0.2) is 34.9 Å². The highest BCUT2D eigenvalue weighted by atomic mass is 16.3. The molecule has 25 heavy (non-hydrogen) atoms. The molecule has 0 saturated heterocycles. The summed E-state index contributed by atoms with van der Waals surface area (Å²) in [5.74, 6) is 3.46. The lowest BCUT2D eigenvalue weighted by atomic mass is 9.54. The second kappa shape index (κ2) is 5.61. The lowest BCUT2D eigenvalue weighted by Gasteiger charge is -2.54. The summed E-state index contributed by atoms with van der Waals surface area (Å²) >= 11 is 0. The van der Waals surface area contributed by atoms with Gasteiger partial charge in [-0.05, 0) is 80.0 Å². The molecule has 1 aromatic heterocycles. The van der Waals surface area contributed by atoms with Crippen molar-refractivity contribution in [2.24, 2.45) is 23.7 Å². The van der Waals surface area contributed by atoms with E-state index in [-0.39, 0.29) is 5.91 Å². The fourth-order valence-electron chi connectivity index (χ4n) is 5.52. The van der Waals surface area contributed by atoms with E-state index in [9.17, 15) is 4.79 Å². The van der Waals surface area contributed by atoms with Gasteiger partial charge in [0.05, 0.1) is 0 Å². The van der Waals surface area contributed by atoms with Gasteiger partial charge in [0.2, 0.25) is 5.89 Å². The monoisotopic (exact) mass is 337 g/mol. The first-order valence-electron chi connectivity index (χ1n) is 9.28. The Balaban J connectivity index is 1.31. The molecule has 4 bridgehead atoms. The molecular formula is C20H23N3O2. The minimum Gasteiger partial charge on any atom is -0.444 e. The second-order valence-electron chi connectivity index (χ2n) is 8.09. The number of aromatic nitrogens is 1. The Kier molecular flexibility index (Phi) is 3.37. The van der Waals surface area contributed by atoms with E-state index < -0.39 is 0 Å². The van der Waals surface area contributed by atoms with Crippen LogP contribution in [0.25, 0.3) is 11.5 Å². The highest BCUT2D eigenvalue weighted by Crippen LogP contribution is 2.53. The van der Waals surface area contributed by atoms with Gasteiger partial charge in [-0.15, -0.1) is 0 Å². The highest BCUT2D eigenvalue weighted by molar-refractivity contribution is 5.92. The molecule has 4 aliphatic rings. The van der Waals surface area contributed by atoms with Crippen LogP contribution in [0.5, 0.6) is 0 Å². The van der Waals surface area contributed by atoms with Gasteiger partial charge in [-0.25, -0.2) is 4.98 Å². The Morgan fingerprint density at radius 2 is 1.68 bits per heavy atom. The Morgan fingerprint density at radius 1 is 1.04 bits per heavy atom. The van der Waals surface area contributed by atoms with E-state index in [1.807, 2.05) is 12.1 Å². The molecule has 2 aromatic rings. The molecular weight excluding hydrogens is 314 g/mol. The van der Waals surface area contributed by atoms with Gasteiger partial charge < -0.3 is 15.5 Å². The maximum absolute atomic E-state index is 12.7. The van der Waals surface area contributed by atoms with Crippen molar-refractivity contribution in [1.82, 2.24) is 10.3 Å². The molecule has 0 aliphatic heterocycles. The molecule has 130 valence electrons. The minimum atomic E-state index is -0.108. The quantitative estimate of drug-likeness (QED) is 0.840. The number of carbonyl (C=O) groups is 1. The average Bonchev–Trinajstić information content (AvgIpc) is 3.08. The number of nitrogen functional groups attached to an aromatic ring is 1. The molecule has 5 heteroatoms. The summed E-state index contributed by atoms with van der Waals surface area (Å²) in [7, 11) is 0. The molecule has 1 aromatic carbocycles. The SMILES string of the molecule is Nc1ccc(-c2nc(C(=O)NC3C4CC5CC(C4)CC3C5)co2)cc1. The van der Waals surface area contributed by atoms with Gasteiger partial charge in [0.15, 0.2) is 5.69 Å². The second-order valence-corrected chi connectivity index (χ2v) is 8.09. The number of anilines is 1. The molecule has 0 radical (unpaired) electrons. The average molecular weight is 337 g/mol. The zero-order chi connectivity index (χ0) is 17.0. The Hall–Kier alpha value is -2.30. The van der Waals surface area contributed by atoms with Crippen molar-refractivity contribution >= 4 is 11.6 Å². The molecule has 0 atom stereocenters. The number of hydrogen-bond donors (Lipinski definition) is 2. The summed E-state index contributed by atoms with van der Waals surface area (Å²) in [6.45, 7) is 0. The maximum Gasteiger partial charge on any atom is 0.273 e. The lowest BCUT2D eigenvalue weighted by Crippen LogP contribution is -2.55. The van der Waals surface area contributed by atoms with Gasteiger partial charge in [-0.2, -0.15) is 0 Å². The van der Waals surface area contributed by atoms with Crippen molar-refractivity contribution in [2.45, 2.75) is 38.1 Å². The highest BCUT2D eigenvalue weighted by Gasteiger charge is 2.48. The first kappa shape index (κ1) is 15.0. The third-order valence-corrected chi connectivity index (χ3v) is 6.42. The topological polar surface area (TPSA) is 81.1 Å². The van der Waals surface area contributed by atoms with E-state index >= 15 is 0 Å². The predicted octanol–water partition coefficient (Wildman–Crippen LogP) is 3.48. The van der Waals surface area contributed by atoms with Gasteiger partial charge in [-0.3, -0.25) is 4.79 Å². The van der Waals surface area contributed by atoms with Gasteiger partial charge in [0.25, 0.3) is 5.91 Å². The van der Waals surface area contributed by atoms with E-state index in [2.05, 4.69) is 10.3 Å². The maximum atomic E-state index is 12.7. The van der Waals surface area contributed by atoms with Crippen LogP contribution < -0.4 is 11.1 Å². The summed E-state index contributed by atoms with van der Waals surface area (Å²) in [5, 5.41) is 3.27. The normalized spacial score (nSPS) is 32.7. The number of carbonyl (C=O) groups excluding carboxylic acids is 1. The summed E-state index contributed by atoms with van der Waals surface area (Å²) < 4.78 is 5.51. The van der Waals surface area contributed by atoms with Crippen molar-refractivity contribution in [2.75, 3.05) is 5.73 Å². The standard InChI is InChI=1S/C20H23N3O2/c21-16-3-1-13(2-4-16)20-22-17(10-25-20)19(24)23-18-14-6-11-5-12(8-14)9-15(18)7-11/h1-4,10-12,14-15,18H,5-9,21H2,(H,23,24). The van der Waals surface area contributed by atoms with Gasteiger partial charge in [-0.1, -0.05) is 0 Å². The number of rotatable bonds is 3. The first-order valence-corrected chi connectivity index (χ1v) is 9.28. The van der Waals surface area contributed by atoms with Crippen molar-refractivity contribution in [3.05, 3.63) is 36.2 Å². The van der Waals surface area contributed by atoms with E-state index in [1.54, 1.807) is 12.1 Å². The molecule has 0 unspecified atom stereocenters. The van der Waals surface area contributed by atoms with Gasteiger partial charge >= 0.3 is 0 Å². The third kappa shape index (κ3) is 2.62. The van der Waals surface area contributed by atoms with E-state index in [0.717, 1.165) is 17.4 Å². The fourth-order valence-corrected chi connectivity index (χ4v) is 5.52. The van der Waals surface area contributed by atoms with Crippen molar-refractivity contribution in [1.29, 1.82) is 0 Å². The number of benzene rings is 1. The summed E-state index contributed by atoms with van der Waals surface area (Å²) in [6.07, 6.45) is 8.01. The van der Waals surface area contributed by atoms with Crippen LogP contribution in [-0.4, -0.2) is 16.9 Å². The predicted molar refractivity (Wildman–Crippen MR) is 94.7 cm³/mol. The van der Waals surface area contributed by atoms with Gasteiger partial charge in [0, 0.05) is 17.3 Å².